The summed E-state index contributed by atoms with van der Waals surface area (Å²) in [6.07, 6.45) is 1.07. The summed E-state index contributed by atoms with van der Waals surface area (Å²) in [5.74, 6) is -0.311. The lowest BCUT2D eigenvalue weighted by Gasteiger charge is -2.21. The molecule has 0 radical (unpaired) electrons. The lowest BCUT2D eigenvalue weighted by molar-refractivity contribution is -0.384. The van der Waals surface area contributed by atoms with Gasteiger partial charge in [0.05, 0.1) is 10.8 Å². The predicted molar refractivity (Wildman–Crippen MR) is 94.6 cm³/mol. The van der Waals surface area contributed by atoms with Crippen molar-refractivity contribution in [1.82, 2.24) is 9.97 Å². The highest BCUT2D eigenvalue weighted by Crippen LogP contribution is 2.34. The molecule has 1 aromatic carbocycles. The van der Waals surface area contributed by atoms with E-state index in [-0.39, 0.29) is 17.5 Å². The maximum atomic E-state index is 11.4. The Morgan fingerprint density at radius 3 is 2.80 bits per heavy atom. The van der Waals surface area contributed by atoms with Gasteiger partial charge in [-0.2, -0.15) is 4.98 Å². The van der Waals surface area contributed by atoms with E-state index in [9.17, 15) is 20.0 Å². The van der Waals surface area contributed by atoms with Crippen molar-refractivity contribution in [3.63, 3.8) is 0 Å². The minimum atomic E-state index is -1.05. The third kappa shape index (κ3) is 3.74. The van der Waals surface area contributed by atoms with Gasteiger partial charge in [-0.1, -0.05) is 11.6 Å². The molecule has 1 fully saturated rings. The highest BCUT2D eigenvalue weighted by atomic mass is 35.5. The van der Waals surface area contributed by atoms with Crippen LogP contribution in [-0.4, -0.2) is 43.6 Å². The number of nitro groups is 1. The number of halogens is 1. The number of carbonyl (C=O) groups is 1. The molecular formula is C14H12ClN5O4S. The van der Waals surface area contributed by atoms with Crippen molar-refractivity contribution in [2.24, 2.45) is 0 Å². The van der Waals surface area contributed by atoms with Crippen LogP contribution in [0.3, 0.4) is 0 Å². The number of carboxylic acid groups (broad SMARTS) is 1. The molecule has 0 bridgehead atoms. The Bertz CT molecular complexity index is 819. The fourth-order valence-corrected chi connectivity index (χ4v) is 3.56. The molecule has 1 aliphatic rings. The zero-order valence-electron chi connectivity index (χ0n) is 12.6. The zero-order valence-corrected chi connectivity index (χ0v) is 14.2. The summed E-state index contributed by atoms with van der Waals surface area (Å²) in [4.78, 5) is 31.6. The molecule has 1 saturated heterocycles. The summed E-state index contributed by atoms with van der Waals surface area (Å²) < 4.78 is 0. The van der Waals surface area contributed by atoms with Gasteiger partial charge in [0.1, 0.15) is 12.2 Å². The molecule has 2 N–H and O–H groups in total. The molecule has 0 aliphatic carbocycles. The van der Waals surface area contributed by atoms with Crippen LogP contribution in [-0.2, 0) is 4.79 Å². The second-order valence-corrected chi connectivity index (χ2v) is 6.55. The highest BCUT2D eigenvalue weighted by Gasteiger charge is 2.36. The molecule has 3 rings (SSSR count). The number of nitrogens with zero attached hydrogens (tertiary/aromatic N) is 4. The summed E-state index contributed by atoms with van der Waals surface area (Å²) >= 11 is 7.20. The largest absolute Gasteiger partial charge is 0.480 e. The molecule has 0 saturated carbocycles. The third-order valence-corrected chi connectivity index (χ3v) is 4.75. The van der Waals surface area contributed by atoms with Crippen LogP contribution in [0.25, 0.3) is 0 Å². The first-order chi connectivity index (χ1) is 12.0. The van der Waals surface area contributed by atoms with E-state index in [0.29, 0.717) is 22.3 Å². The van der Waals surface area contributed by atoms with Crippen LogP contribution in [0.15, 0.2) is 30.5 Å². The Kier molecular flexibility index (Phi) is 4.91. The second kappa shape index (κ2) is 7.11. The van der Waals surface area contributed by atoms with Crippen LogP contribution in [0, 0.1) is 10.1 Å². The second-order valence-electron chi connectivity index (χ2n) is 5.12. The van der Waals surface area contributed by atoms with E-state index < -0.39 is 16.9 Å². The normalized spacial score (nSPS) is 16.7. The minimum Gasteiger partial charge on any atom is -0.480 e. The van der Waals surface area contributed by atoms with Crippen molar-refractivity contribution in [3.8, 4) is 0 Å². The molecule has 2 heterocycles. The van der Waals surface area contributed by atoms with Gasteiger partial charge in [-0.3, -0.25) is 10.1 Å². The molecule has 1 unspecified atom stereocenters. The number of benzene rings is 1. The molecule has 2 aromatic rings. The number of nitrogens with one attached hydrogen (secondary N) is 1. The summed E-state index contributed by atoms with van der Waals surface area (Å²) in [6.45, 7) is 0. The average Bonchev–Trinajstić information content (AvgIpc) is 3.06. The third-order valence-electron chi connectivity index (χ3n) is 3.49. The van der Waals surface area contributed by atoms with Gasteiger partial charge in [-0.25, -0.2) is 9.78 Å². The maximum Gasteiger partial charge on any atom is 0.329 e. The summed E-state index contributed by atoms with van der Waals surface area (Å²) in [6, 6.07) is 5.89. The first-order valence-corrected chi connectivity index (χ1v) is 8.60. The highest BCUT2D eigenvalue weighted by molar-refractivity contribution is 7.99. The predicted octanol–water partition coefficient (Wildman–Crippen LogP) is 2.75. The molecule has 9 nitrogen and oxygen atoms in total. The smallest absolute Gasteiger partial charge is 0.329 e. The standard InChI is InChI=1S/C14H12ClN5O4S/c15-8-1-3-9(4-2-8)17-14-16-5-10(20(23)24)12(18-14)19-7-25-6-11(19)13(21)22/h1-5,11H,6-7H2,(H,21,22)(H,16,17,18). The number of hydrogen-bond acceptors (Lipinski definition) is 8. The zero-order chi connectivity index (χ0) is 18.0. The van der Waals surface area contributed by atoms with Crippen LogP contribution in [0.4, 0.5) is 23.1 Å². The van der Waals surface area contributed by atoms with Gasteiger partial charge in [0, 0.05) is 16.5 Å². The lowest BCUT2D eigenvalue weighted by atomic mass is 10.3. The molecule has 0 amide bonds. The Hall–Kier alpha value is -2.59. The minimum absolute atomic E-state index is 0.0196. The molecule has 130 valence electrons. The number of thioether (sulfide) groups is 1. The lowest BCUT2D eigenvalue weighted by Crippen LogP contribution is -2.38. The molecule has 1 aromatic heterocycles. The van der Waals surface area contributed by atoms with E-state index in [4.69, 9.17) is 11.6 Å². The van der Waals surface area contributed by atoms with E-state index >= 15 is 0 Å². The molecule has 25 heavy (non-hydrogen) atoms. The van der Waals surface area contributed by atoms with Crippen molar-refractivity contribution >= 4 is 52.5 Å². The van der Waals surface area contributed by atoms with Crippen molar-refractivity contribution < 1.29 is 14.8 Å². The molecular weight excluding hydrogens is 370 g/mol. The van der Waals surface area contributed by atoms with Crippen LogP contribution < -0.4 is 10.2 Å². The van der Waals surface area contributed by atoms with Crippen molar-refractivity contribution in [2.75, 3.05) is 21.8 Å². The number of carboxylic acids is 1. The number of hydrogen-bond donors (Lipinski definition) is 2. The topological polar surface area (TPSA) is 121 Å². The van der Waals surface area contributed by atoms with Crippen molar-refractivity contribution in [3.05, 3.63) is 45.6 Å². The quantitative estimate of drug-likeness (QED) is 0.594. The average molecular weight is 382 g/mol. The van der Waals surface area contributed by atoms with Gasteiger partial charge in [0.25, 0.3) is 0 Å². The van der Waals surface area contributed by atoms with Crippen LogP contribution in [0.5, 0.6) is 0 Å². The Morgan fingerprint density at radius 1 is 1.44 bits per heavy atom. The van der Waals surface area contributed by atoms with Gasteiger partial charge in [0.15, 0.2) is 0 Å². The van der Waals surface area contributed by atoms with E-state index in [1.807, 2.05) is 0 Å². The molecule has 1 aliphatic heterocycles. The van der Waals surface area contributed by atoms with E-state index in [1.54, 1.807) is 24.3 Å². The fraction of sp³-hybridized carbons (Fsp3) is 0.214. The molecule has 0 spiro atoms. The van der Waals surface area contributed by atoms with Gasteiger partial charge in [0.2, 0.25) is 11.8 Å². The first-order valence-electron chi connectivity index (χ1n) is 7.07. The Labute approximate surface area is 151 Å². The maximum absolute atomic E-state index is 11.4. The number of aromatic nitrogens is 2. The van der Waals surface area contributed by atoms with Crippen LogP contribution in [0.2, 0.25) is 5.02 Å². The first kappa shape index (κ1) is 17.2. The van der Waals surface area contributed by atoms with Crippen molar-refractivity contribution in [2.45, 2.75) is 6.04 Å². The van der Waals surface area contributed by atoms with E-state index in [2.05, 4.69) is 15.3 Å². The Balaban J connectivity index is 1.96. The summed E-state index contributed by atoms with van der Waals surface area (Å²) in [5.41, 5.74) is 0.310. The van der Waals surface area contributed by atoms with Gasteiger partial charge in [-0.15, -0.1) is 11.8 Å². The van der Waals surface area contributed by atoms with E-state index in [0.717, 1.165) is 6.20 Å². The van der Waals surface area contributed by atoms with Gasteiger partial charge < -0.3 is 15.3 Å². The van der Waals surface area contributed by atoms with Crippen molar-refractivity contribution in [1.29, 1.82) is 0 Å². The molecule has 1 atom stereocenters. The molecule has 11 heteroatoms. The Morgan fingerprint density at radius 2 is 2.16 bits per heavy atom. The van der Waals surface area contributed by atoms with Gasteiger partial charge in [-0.05, 0) is 24.3 Å². The van der Waals surface area contributed by atoms with Crippen LogP contribution >= 0.6 is 23.4 Å². The van der Waals surface area contributed by atoms with E-state index in [1.165, 1.54) is 16.7 Å². The number of rotatable bonds is 5. The van der Waals surface area contributed by atoms with Gasteiger partial charge >= 0.3 is 11.7 Å². The fourth-order valence-electron chi connectivity index (χ4n) is 2.29. The number of anilines is 3. The van der Waals surface area contributed by atoms with Crippen LogP contribution in [0.1, 0.15) is 0 Å². The SMILES string of the molecule is O=C(O)C1CSCN1c1nc(Nc2ccc(Cl)cc2)ncc1[N+](=O)[O-]. The monoisotopic (exact) mass is 381 g/mol. The summed E-state index contributed by atoms with van der Waals surface area (Å²) in [7, 11) is 0. The summed E-state index contributed by atoms with van der Waals surface area (Å²) in [5, 5.41) is 24.1. The number of aliphatic carboxylic acids is 1.